The van der Waals surface area contributed by atoms with E-state index in [9.17, 15) is 10.5 Å². The first-order chi connectivity index (χ1) is 13.7. The third-order valence-electron chi connectivity index (χ3n) is 6.07. The number of allylic oxidation sites excluding steroid dienone is 1. The van der Waals surface area contributed by atoms with Crippen LogP contribution in [-0.4, -0.2) is 25.3 Å². The van der Waals surface area contributed by atoms with E-state index in [1.165, 1.54) is 54.7 Å². The van der Waals surface area contributed by atoms with Crippen LogP contribution in [-0.2, 0) is 17.6 Å². The first-order valence-electron chi connectivity index (χ1n) is 10.4. The summed E-state index contributed by atoms with van der Waals surface area (Å²) in [5, 5.41) is 18.4. The Kier molecular flexibility index (Phi) is 5.51. The van der Waals surface area contributed by atoms with Crippen LogP contribution in [0, 0.1) is 22.7 Å². The van der Waals surface area contributed by atoms with Crippen LogP contribution < -0.4 is 4.90 Å². The predicted molar refractivity (Wildman–Crippen MR) is 111 cm³/mol. The van der Waals surface area contributed by atoms with Crippen molar-refractivity contribution in [3.63, 3.8) is 0 Å². The summed E-state index contributed by atoms with van der Waals surface area (Å²) in [6, 6.07) is 8.76. The van der Waals surface area contributed by atoms with Crippen molar-refractivity contribution in [2.24, 2.45) is 0 Å². The first-order valence-corrected chi connectivity index (χ1v) is 10.4. The molecule has 0 aromatic heterocycles. The van der Waals surface area contributed by atoms with Crippen molar-refractivity contribution in [2.75, 3.05) is 18.0 Å². The summed E-state index contributed by atoms with van der Waals surface area (Å²) >= 11 is 0. The third kappa shape index (κ3) is 3.84. The molecule has 1 saturated heterocycles. The second kappa shape index (κ2) is 8.21. The average molecular weight is 374 g/mol. The van der Waals surface area contributed by atoms with Crippen LogP contribution in [0.4, 0.5) is 5.69 Å². The van der Waals surface area contributed by atoms with Gasteiger partial charge in [-0.05, 0) is 79.8 Å². The molecule has 28 heavy (non-hydrogen) atoms. The van der Waals surface area contributed by atoms with Gasteiger partial charge >= 0.3 is 0 Å². The van der Waals surface area contributed by atoms with E-state index in [-0.39, 0.29) is 17.8 Å². The summed E-state index contributed by atoms with van der Waals surface area (Å²) in [7, 11) is 0. The van der Waals surface area contributed by atoms with Gasteiger partial charge < -0.3 is 9.64 Å². The van der Waals surface area contributed by atoms with Crippen LogP contribution in [0.5, 0.6) is 0 Å². The highest BCUT2D eigenvalue weighted by Gasteiger charge is 2.25. The van der Waals surface area contributed by atoms with Gasteiger partial charge in [0.05, 0.1) is 12.2 Å². The van der Waals surface area contributed by atoms with Crippen molar-refractivity contribution >= 4 is 11.8 Å². The molecule has 3 aliphatic heterocycles. The lowest BCUT2D eigenvalue weighted by atomic mass is 9.92. The summed E-state index contributed by atoms with van der Waals surface area (Å²) < 4.78 is 6.05. The van der Waals surface area contributed by atoms with E-state index in [0.717, 1.165) is 18.4 Å². The van der Waals surface area contributed by atoms with Gasteiger partial charge in [-0.25, -0.2) is 0 Å². The van der Waals surface area contributed by atoms with Crippen molar-refractivity contribution < 1.29 is 4.74 Å². The predicted octanol–water partition coefficient (Wildman–Crippen LogP) is 4.70. The average Bonchev–Trinajstić information content (AvgIpc) is 2.91. The van der Waals surface area contributed by atoms with Crippen LogP contribution >= 0.6 is 0 Å². The van der Waals surface area contributed by atoms with Crippen molar-refractivity contribution in [1.29, 1.82) is 10.5 Å². The van der Waals surface area contributed by atoms with E-state index in [0.29, 0.717) is 12.8 Å². The fourth-order valence-corrected chi connectivity index (χ4v) is 4.87. The zero-order valence-electron chi connectivity index (χ0n) is 16.6. The Morgan fingerprint density at radius 2 is 1.79 bits per heavy atom. The Hall–Kier alpha value is -2.56. The molecule has 144 valence electrons. The third-order valence-corrected chi connectivity index (χ3v) is 6.07. The number of rotatable bonds is 2. The highest BCUT2D eigenvalue weighted by atomic mass is 16.5. The van der Waals surface area contributed by atoms with E-state index < -0.39 is 0 Å². The summed E-state index contributed by atoms with van der Waals surface area (Å²) in [5.41, 5.74) is 6.89. The summed E-state index contributed by atoms with van der Waals surface area (Å²) in [4.78, 5) is 2.59. The van der Waals surface area contributed by atoms with Gasteiger partial charge in [0.2, 0.25) is 0 Å². The van der Waals surface area contributed by atoms with E-state index in [4.69, 9.17) is 4.74 Å². The minimum absolute atomic E-state index is 0.0249. The number of nitrogens with zero attached hydrogens (tertiary/aromatic N) is 3. The minimum Gasteiger partial charge on any atom is -0.371 e. The molecular weight excluding hydrogens is 346 g/mol. The monoisotopic (exact) mass is 373 g/mol. The van der Waals surface area contributed by atoms with Gasteiger partial charge in [0.1, 0.15) is 17.7 Å². The molecule has 4 heteroatoms. The fourth-order valence-electron chi connectivity index (χ4n) is 4.87. The Balaban J connectivity index is 1.59. The molecule has 1 aromatic carbocycles. The van der Waals surface area contributed by atoms with Gasteiger partial charge in [0.15, 0.2) is 0 Å². The second-order valence-electron chi connectivity index (χ2n) is 8.19. The number of benzene rings is 1. The molecule has 2 unspecified atom stereocenters. The van der Waals surface area contributed by atoms with Crippen LogP contribution in [0.3, 0.4) is 0 Å². The summed E-state index contributed by atoms with van der Waals surface area (Å²) in [6.45, 7) is 4.39. The van der Waals surface area contributed by atoms with E-state index >= 15 is 0 Å². The van der Waals surface area contributed by atoms with Crippen LogP contribution in [0.2, 0.25) is 0 Å². The van der Waals surface area contributed by atoms with Crippen molar-refractivity contribution in [1.82, 2.24) is 0 Å². The molecule has 2 atom stereocenters. The van der Waals surface area contributed by atoms with Gasteiger partial charge in [-0.3, -0.25) is 0 Å². The molecule has 0 radical (unpaired) electrons. The van der Waals surface area contributed by atoms with Crippen LogP contribution in [0.1, 0.15) is 55.7 Å². The van der Waals surface area contributed by atoms with Crippen LogP contribution in [0.15, 0.2) is 29.4 Å². The van der Waals surface area contributed by atoms with Crippen LogP contribution in [0.25, 0.3) is 6.08 Å². The van der Waals surface area contributed by atoms with Gasteiger partial charge in [-0.1, -0.05) is 12.2 Å². The number of hydrogen-bond donors (Lipinski definition) is 0. The molecule has 3 heterocycles. The first kappa shape index (κ1) is 18.8. The summed E-state index contributed by atoms with van der Waals surface area (Å²) in [5.74, 6) is 0. The zero-order valence-corrected chi connectivity index (χ0v) is 16.6. The number of ether oxygens (including phenoxy) is 1. The number of hydrogen-bond acceptors (Lipinski definition) is 4. The normalized spacial score (nSPS) is 24.2. The SMILES string of the molecule is CC1CC(=C(C#N)C#N)CC(/C=C/c2cc3c4c(c2)CCCN4CCCC3)O1. The Morgan fingerprint density at radius 1 is 1.07 bits per heavy atom. The number of anilines is 1. The molecule has 3 aliphatic rings. The van der Waals surface area contributed by atoms with E-state index in [1.54, 1.807) is 0 Å². The fraction of sp³-hybridized carbons (Fsp3) is 0.500. The maximum Gasteiger partial charge on any atom is 0.129 e. The smallest absolute Gasteiger partial charge is 0.129 e. The Bertz CT molecular complexity index is 884. The molecule has 0 N–H and O–H groups in total. The lowest BCUT2D eigenvalue weighted by Gasteiger charge is -2.32. The van der Waals surface area contributed by atoms with Gasteiger partial charge in [-0.15, -0.1) is 0 Å². The molecule has 0 amide bonds. The topological polar surface area (TPSA) is 60.0 Å². The molecular formula is C24H27N3O. The van der Waals surface area contributed by atoms with Crippen molar-refractivity contribution in [2.45, 2.75) is 64.1 Å². The molecule has 0 aliphatic carbocycles. The highest BCUT2D eigenvalue weighted by molar-refractivity contribution is 5.67. The van der Waals surface area contributed by atoms with Gasteiger partial charge in [0.25, 0.3) is 0 Å². The maximum atomic E-state index is 9.19. The second-order valence-corrected chi connectivity index (χ2v) is 8.19. The quantitative estimate of drug-likeness (QED) is 0.705. The Morgan fingerprint density at radius 3 is 2.54 bits per heavy atom. The minimum atomic E-state index is -0.0814. The molecule has 0 spiro atoms. The number of nitriles is 2. The molecule has 0 bridgehead atoms. The molecule has 1 fully saturated rings. The maximum absolute atomic E-state index is 9.19. The zero-order chi connectivity index (χ0) is 19.5. The molecule has 4 nitrogen and oxygen atoms in total. The molecule has 4 rings (SSSR count). The van der Waals surface area contributed by atoms with E-state index in [1.807, 2.05) is 19.1 Å². The lowest BCUT2D eigenvalue weighted by Crippen LogP contribution is -2.30. The Labute approximate surface area is 167 Å². The van der Waals surface area contributed by atoms with E-state index in [2.05, 4.69) is 29.2 Å². The molecule has 0 saturated carbocycles. The van der Waals surface area contributed by atoms with Gasteiger partial charge in [-0.2, -0.15) is 10.5 Å². The molecule has 1 aromatic rings. The lowest BCUT2D eigenvalue weighted by molar-refractivity contribution is 0.00553. The van der Waals surface area contributed by atoms with Gasteiger partial charge in [0, 0.05) is 25.2 Å². The van der Waals surface area contributed by atoms with Crippen molar-refractivity contribution in [3.8, 4) is 12.1 Å². The van der Waals surface area contributed by atoms with Crippen molar-refractivity contribution in [3.05, 3.63) is 46.0 Å². The highest BCUT2D eigenvalue weighted by Crippen LogP contribution is 2.36. The largest absolute Gasteiger partial charge is 0.371 e. The summed E-state index contributed by atoms with van der Waals surface area (Å²) in [6.07, 6.45) is 11.6. The number of aryl methyl sites for hydroxylation is 2. The standard InChI is InChI=1S/C24H27N3O/c1-17-11-21(22(15-25)16-26)14-23(28-17)8-7-18-12-19-5-2-3-9-27-10-4-6-20(13-18)24(19)27/h7-8,12-13,17,23H,2-6,9-11,14H2,1H3/b8-7+.